The van der Waals surface area contributed by atoms with Crippen molar-refractivity contribution in [2.75, 3.05) is 13.7 Å². The number of rotatable bonds is 4. The molecule has 15 heavy (non-hydrogen) atoms. The van der Waals surface area contributed by atoms with E-state index in [9.17, 15) is 0 Å². The third-order valence-electron chi connectivity index (χ3n) is 2.55. The minimum atomic E-state index is -0.0840. The Morgan fingerprint density at radius 3 is 2.73 bits per heavy atom. The van der Waals surface area contributed by atoms with Gasteiger partial charge in [0.2, 0.25) is 0 Å². The third kappa shape index (κ3) is 2.63. The summed E-state index contributed by atoms with van der Waals surface area (Å²) >= 11 is 3.43. The van der Waals surface area contributed by atoms with Gasteiger partial charge in [0, 0.05) is 0 Å². The Kier molecular flexibility index (Phi) is 2.89. The Morgan fingerprint density at radius 1 is 1.47 bits per heavy atom. The lowest BCUT2D eigenvalue weighted by molar-refractivity contribution is 0.277. The Bertz CT molecular complexity index is 364. The summed E-state index contributed by atoms with van der Waals surface area (Å²) in [5.41, 5.74) is 5.85. The van der Waals surface area contributed by atoms with Gasteiger partial charge in [-0.15, -0.1) is 0 Å². The maximum absolute atomic E-state index is 5.94. The van der Waals surface area contributed by atoms with Crippen molar-refractivity contribution in [1.82, 2.24) is 0 Å². The molecular weight excluding hydrogens is 258 g/mol. The third-order valence-corrected chi connectivity index (χ3v) is 3.17. The van der Waals surface area contributed by atoms with Gasteiger partial charge in [-0.2, -0.15) is 0 Å². The summed E-state index contributed by atoms with van der Waals surface area (Å²) in [6.45, 7) is 0.581. The van der Waals surface area contributed by atoms with Crippen LogP contribution in [-0.2, 0) is 0 Å². The molecule has 2 N–H and O–H groups in total. The fourth-order valence-electron chi connectivity index (χ4n) is 1.25. The Morgan fingerprint density at radius 2 is 2.20 bits per heavy atom. The van der Waals surface area contributed by atoms with Crippen molar-refractivity contribution in [3.05, 3.63) is 22.7 Å². The molecule has 1 saturated carbocycles. The molecule has 1 fully saturated rings. The summed E-state index contributed by atoms with van der Waals surface area (Å²) in [6, 6.07) is 5.64. The van der Waals surface area contributed by atoms with Gasteiger partial charge in [-0.25, -0.2) is 0 Å². The number of halogens is 1. The van der Waals surface area contributed by atoms with E-state index in [1.54, 1.807) is 7.11 Å². The smallest absolute Gasteiger partial charge is 0.133 e. The molecule has 2 rings (SSSR count). The first-order chi connectivity index (χ1) is 7.13. The van der Waals surface area contributed by atoms with Gasteiger partial charge in [-0.05, 0) is 47.0 Å². The molecule has 0 bridgehead atoms. The Labute approximate surface area is 97.7 Å². The monoisotopic (exact) mass is 271 g/mol. The van der Waals surface area contributed by atoms with Crippen molar-refractivity contribution >= 4 is 15.9 Å². The highest BCUT2D eigenvalue weighted by atomic mass is 79.9. The second kappa shape index (κ2) is 4.02. The Balaban J connectivity index is 2.01. The normalized spacial score (nSPS) is 17.3. The van der Waals surface area contributed by atoms with Crippen LogP contribution in [0.25, 0.3) is 0 Å². The van der Waals surface area contributed by atoms with E-state index in [0.717, 1.165) is 28.8 Å². The van der Waals surface area contributed by atoms with Crippen LogP contribution in [0.4, 0.5) is 0 Å². The number of hydrogen-bond acceptors (Lipinski definition) is 3. The lowest BCUT2D eigenvalue weighted by atomic mass is 10.3. The van der Waals surface area contributed by atoms with Crippen molar-refractivity contribution in [3.63, 3.8) is 0 Å². The second-order valence-corrected chi connectivity index (χ2v) is 4.80. The van der Waals surface area contributed by atoms with Crippen molar-refractivity contribution in [2.45, 2.75) is 18.4 Å². The van der Waals surface area contributed by atoms with Gasteiger partial charge < -0.3 is 15.2 Å². The molecule has 3 nitrogen and oxygen atoms in total. The molecule has 0 saturated heterocycles. The van der Waals surface area contributed by atoms with E-state index in [4.69, 9.17) is 15.2 Å². The summed E-state index contributed by atoms with van der Waals surface area (Å²) in [6.07, 6.45) is 2.11. The van der Waals surface area contributed by atoms with Crippen molar-refractivity contribution in [3.8, 4) is 11.5 Å². The van der Waals surface area contributed by atoms with E-state index < -0.39 is 0 Å². The zero-order chi connectivity index (χ0) is 10.9. The molecule has 1 aromatic carbocycles. The topological polar surface area (TPSA) is 44.5 Å². The lowest BCUT2D eigenvalue weighted by Crippen LogP contribution is -2.29. The maximum atomic E-state index is 5.94. The van der Waals surface area contributed by atoms with E-state index in [1.165, 1.54) is 0 Å². The second-order valence-electron chi connectivity index (χ2n) is 3.95. The number of methoxy groups -OCH3 is 1. The minimum Gasteiger partial charge on any atom is -0.497 e. The molecular formula is C11H14BrNO2. The number of benzene rings is 1. The molecule has 0 atom stereocenters. The molecule has 82 valence electrons. The highest BCUT2D eigenvalue weighted by molar-refractivity contribution is 9.10. The first-order valence-corrected chi connectivity index (χ1v) is 5.67. The van der Waals surface area contributed by atoms with Crippen LogP contribution in [0.3, 0.4) is 0 Å². The molecule has 4 heteroatoms. The van der Waals surface area contributed by atoms with Crippen molar-refractivity contribution < 1.29 is 9.47 Å². The fourth-order valence-corrected chi connectivity index (χ4v) is 1.72. The van der Waals surface area contributed by atoms with Crippen molar-refractivity contribution in [2.24, 2.45) is 5.73 Å². The molecule has 0 radical (unpaired) electrons. The van der Waals surface area contributed by atoms with Gasteiger partial charge in [0.1, 0.15) is 18.1 Å². The molecule has 0 amide bonds. The SMILES string of the molecule is COc1ccc(OCC2(N)CC2)c(Br)c1. The highest BCUT2D eigenvalue weighted by Crippen LogP contribution is 2.35. The number of hydrogen-bond donors (Lipinski definition) is 1. The summed E-state index contributed by atoms with van der Waals surface area (Å²) in [5, 5.41) is 0. The van der Waals surface area contributed by atoms with Gasteiger partial charge in [0.05, 0.1) is 17.1 Å². The largest absolute Gasteiger partial charge is 0.497 e. The molecule has 0 aromatic heterocycles. The molecule has 0 unspecified atom stereocenters. The fraction of sp³-hybridized carbons (Fsp3) is 0.455. The number of ether oxygens (including phenoxy) is 2. The van der Waals surface area contributed by atoms with E-state index in [-0.39, 0.29) is 5.54 Å². The summed E-state index contributed by atoms with van der Waals surface area (Å²) in [7, 11) is 1.64. The van der Waals surface area contributed by atoms with Crippen LogP contribution in [0.5, 0.6) is 11.5 Å². The van der Waals surface area contributed by atoms with Gasteiger partial charge in [-0.3, -0.25) is 0 Å². The maximum Gasteiger partial charge on any atom is 0.133 e. The molecule has 1 aliphatic rings. The minimum absolute atomic E-state index is 0.0840. The van der Waals surface area contributed by atoms with Crippen LogP contribution < -0.4 is 15.2 Å². The van der Waals surface area contributed by atoms with Crippen LogP contribution in [-0.4, -0.2) is 19.3 Å². The Hall–Kier alpha value is -0.740. The highest BCUT2D eigenvalue weighted by Gasteiger charge is 2.39. The first-order valence-electron chi connectivity index (χ1n) is 4.88. The summed E-state index contributed by atoms with van der Waals surface area (Å²) in [4.78, 5) is 0. The van der Waals surface area contributed by atoms with Gasteiger partial charge in [-0.1, -0.05) is 0 Å². The zero-order valence-corrected chi connectivity index (χ0v) is 10.2. The summed E-state index contributed by atoms with van der Waals surface area (Å²) < 4.78 is 11.6. The van der Waals surface area contributed by atoms with Crippen LogP contribution in [0.1, 0.15) is 12.8 Å². The lowest BCUT2D eigenvalue weighted by Gasteiger charge is -2.12. The number of nitrogens with two attached hydrogens (primary N) is 1. The molecule has 1 aliphatic carbocycles. The molecule has 0 spiro atoms. The van der Waals surface area contributed by atoms with E-state index in [2.05, 4.69) is 15.9 Å². The van der Waals surface area contributed by atoms with Crippen molar-refractivity contribution in [1.29, 1.82) is 0 Å². The quantitative estimate of drug-likeness (QED) is 0.914. The zero-order valence-electron chi connectivity index (χ0n) is 8.63. The predicted octanol–water partition coefficient (Wildman–Crippen LogP) is 2.33. The van der Waals surface area contributed by atoms with Gasteiger partial charge in [0.25, 0.3) is 0 Å². The molecule has 1 aromatic rings. The van der Waals surface area contributed by atoms with Crippen LogP contribution >= 0.6 is 15.9 Å². The molecule has 0 aliphatic heterocycles. The molecule has 0 heterocycles. The first kappa shape index (κ1) is 10.8. The van der Waals surface area contributed by atoms with Gasteiger partial charge in [0.15, 0.2) is 0 Å². The van der Waals surface area contributed by atoms with E-state index in [0.29, 0.717) is 6.61 Å². The van der Waals surface area contributed by atoms with Crippen LogP contribution in [0.2, 0.25) is 0 Å². The standard InChI is InChI=1S/C11H14BrNO2/c1-14-8-2-3-10(9(12)6-8)15-7-11(13)4-5-11/h2-3,6H,4-5,7,13H2,1H3. The van der Waals surface area contributed by atoms with Crippen LogP contribution in [0, 0.1) is 0 Å². The van der Waals surface area contributed by atoms with Gasteiger partial charge >= 0.3 is 0 Å². The van der Waals surface area contributed by atoms with E-state index in [1.807, 2.05) is 18.2 Å². The average molecular weight is 272 g/mol. The average Bonchev–Trinajstić information content (AvgIpc) is 2.95. The summed E-state index contributed by atoms with van der Waals surface area (Å²) in [5.74, 6) is 1.62. The predicted molar refractivity (Wildman–Crippen MR) is 62.3 cm³/mol. The van der Waals surface area contributed by atoms with E-state index >= 15 is 0 Å². The van der Waals surface area contributed by atoms with Crippen LogP contribution in [0.15, 0.2) is 22.7 Å².